The van der Waals surface area contributed by atoms with Crippen molar-refractivity contribution in [2.24, 2.45) is 0 Å². The van der Waals surface area contributed by atoms with Crippen LogP contribution in [0.2, 0.25) is 0 Å². The molecule has 0 amide bonds. The van der Waals surface area contributed by atoms with Crippen molar-refractivity contribution in [3.8, 4) is 11.5 Å². The van der Waals surface area contributed by atoms with Gasteiger partial charge in [-0.1, -0.05) is 6.07 Å². The van der Waals surface area contributed by atoms with Gasteiger partial charge in [0.2, 0.25) is 6.79 Å². The van der Waals surface area contributed by atoms with E-state index in [1.165, 1.54) is 0 Å². The first-order chi connectivity index (χ1) is 9.12. The lowest BCUT2D eigenvalue weighted by Crippen LogP contribution is -2.39. The second-order valence-electron chi connectivity index (χ2n) is 5.02. The number of hydrogen-bond donors (Lipinski definition) is 1. The van der Waals surface area contributed by atoms with E-state index in [0.29, 0.717) is 12.3 Å². The largest absolute Gasteiger partial charge is 0.454 e. The molecule has 1 aromatic carbocycles. The first kappa shape index (κ1) is 12.7. The maximum absolute atomic E-state index is 11.5. The molecule has 19 heavy (non-hydrogen) atoms. The summed E-state index contributed by atoms with van der Waals surface area (Å²) in [6.07, 6.45) is 1.67. The van der Waals surface area contributed by atoms with Crippen LogP contribution in [-0.2, 0) is 16.4 Å². The topological polar surface area (TPSA) is 64.6 Å². The molecule has 1 fully saturated rings. The molecule has 1 atom stereocenters. The van der Waals surface area contributed by atoms with Crippen molar-refractivity contribution in [1.82, 2.24) is 5.32 Å². The van der Waals surface area contributed by atoms with E-state index in [4.69, 9.17) is 9.47 Å². The van der Waals surface area contributed by atoms with E-state index >= 15 is 0 Å². The Morgan fingerprint density at radius 1 is 1.26 bits per heavy atom. The van der Waals surface area contributed by atoms with Crippen molar-refractivity contribution >= 4 is 9.84 Å². The van der Waals surface area contributed by atoms with E-state index in [1.807, 2.05) is 18.2 Å². The van der Waals surface area contributed by atoms with Crippen LogP contribution in [0.5, 0.6) is 11.5 Å². The van der Waals surface area contributed by atoms with Gasteiger partial charge in [-0.3, -0.25) is 0 Å². The highest BCUT2D eigenvalue weighted by Gasteiger charge is 2.24. The molecular weight excluding hydrogens is 266 g/mol. The number of ether oxygens (including phenoxy) is 2. The molecular formula is C13H17NO4S. The predicted octanol–water partition coefficient (Wildman–Crippen LogP) is 1.08. The summed E-state index contributed by atoms with van der Waals surface area (Å²) in [6.45, 7) is 0.921. The summed E-state index contributed by atoms with van der Waals surface area (Å²) in [6, 6.07) is 5.85. The first-order valence-corrected chi connectivity index (χ1v) is 8.27. The number of benzene rings is 1. The van der Waals surface area contributed by atoms with Crippen molar-refractivity contribution in [3.63, 3.8) is 0 Å². The lowest BCUT2D eigenvalue weighted by molar-refractivity contribution is 0.174. The van der Waals surface area contributed by atoms with Crippen molar-refractivity contribution in [2.45, 2.75) is 25.4 Å². The van der Waals surface area contributed by atoms with Crippen LogP contribution in [0.15, 0.2) is 18.2 Å². The average molecular weight is 283 g/mol. The number of fused-ring (bicyclic) bond motifs is 1. The molecule has 1 aromatic rings. The van der Waals surface area contributed by atoms with E-state index in [-0.39, 0.29) is 18.6 Å². The highest BCUT2D eigenvalue weighted by Crippen LogP contribution is 2.32. The molecule has 0 bridgehead atoms. The van der Waals surface area contributed by atoms with Crippen LogP contribution in [0.25, 0.3) is 0 Å². The summed E-state index contributed by atoms with van der Waals surface area (Å²) < 4.78 is 33.7. The Hall–Kier alpha value is -1.27. The molecule has 5 nitrogen and oxygen atoms in total. The summed E-state index contributed by atoms with van der Waals surface area (Å²) in [5, 5.41) is 3.31. The Bertz CT molecular complexity index is 570. The molecule has 1 N–H and O–H groups in total. The van der Waals surface area contributed by atoms with Crippen LogP contribution in [0.1, 0.15) is 18.4 Å². The van der Waals surface area contributed by atoms with Crippen LogP contribution in [0.3, 0.4) is 0 Å². The Labute approximate surface area is 112 Å². The van der Waals surface area contributed by atoms with Crippen molar-refractivity contribution in [1.29, 1.82) is 0 Å². The molecule has 0 spiro atoms. The Balaban J connectivity index is 1.60. The van der Waals surface area contributed by atoms with E-state index in [0.717, 1.165) is 29.9 Å². The molecule has 6 heteroatoms. The minimum Gasteiger partial charge on any atom is -0.454 e. The summed E-state index contributed by atoms with van der Waals surface area (Å²) in [5.74, 6) is 2.10. The third kappa shape index (κ3) is 3.01. The lowest BCUT2D eigenvalue weighted by atomic mass is 10.1. The summed E-state index contributed by atoms with van der Waals surface area (Å²) in [7, 11) is -2.85. The van der Waals surface area contributed by atoms with Crippen molar-refractivity contribution < 1.29 is 17.9 Å². The average Bonchev–Trinajstić information content (AvgIpc) is 2.82. The molecule has 1 unspecified atom stereocenters. The van der Waals surface area contributed by atoms with Crippen molar-refractivity contribution in [3.05, 3.63) is 23.8 Å². The molecule has 2 aliphatic rings. The minimum atomic E-state index is -2.85. The zero-order valence-corrected chi connectivity index (χ0v) is 11.4. The zero-order valence-electron chi connectivity index (χ0n) is 10.6. The molecule has 3 rings (SSSR count). The SMILES string of the molecule is O=S1(=O)CCCC(NCc2ccc3c(c2)OCO3)C1. The molecule has 0 radical (unpaired) electrons. The summed E-state index contributed by atoms with van der Waals surface area (Å²) in [5.41, 5.74) is 1.08. The smallest absolute Gasteiger partial charge is 0.231 e. The van der Waals surface area contributed by atoms with E-state index in [9.17, 15) is 8.42 Å². The van der Waals surface area contributed by atoms with Crippen LogP contribution in [-0.4, -0.2) is 32.8 Å². The standard InChI is InChI=1S/C13H17NO4S/c15-19(16)5-1-2-11(8-19)14-7-10-3-4-12-13(6-10)18-9-17-12/h3-4,6,11,14H,1-2,5,7-9H2. The molecule has 0 aliphatic carbocycles. The third-order valence-corrected chi connectivity index (χ3v) is 5.32. The van der Waals surface area contributed by atoms with Gasteiger partial charge >= 0.3 is 0 Å². The Morgan fingerprint density at radius 3 is 2.95 bits per heavy atom. The van der Waals surface area contributed by atoms with Gasteiger partial charge in [0.1, 0.15) is 0 Å². The molecule has 0 saturated carbocycles. The highest BCUT2D eigenvalue weighted by atomic mass is 32.2. The second kappa shape index (κ2) is 5.02. The molecule has 1 saturated heterocycles. The van der Waals surface area contributed by atoms with Crippen LogP contribution >= 0.6 is 0 Å². The number of sulfone groups is 1. The lowest BCUT2D eigenvalue weighted by Gasteiger charge is -2.23. The van der Waals surface area contributed by atoms with Gasteiger partial charge in [-0.05, 0) is 30.5 Å². The number of hydrogen-bond acceptors (Lipinski definition) is 5. The molecule has 2 heterocycles. The fraction of sp³-hybridized carbons (Fsp3) is 0.538. The van der Waals surface area contributed by atoms with Gasteiger partial charge in [0.25, 0.3) is 0 Å². The van der Waals surface area contributed by atoms with E-state index in [2.05, 4.69) is 5.32 Å². The van der Waals surface area contributed by atoms with Gasteiger partial charge in [0, 0.05) is 12.6 Å². The third-order valence-electron chi connectivity index (χ3n) is 3.49. The van der Waals surface area contributed by atoms with Gasteiger partial charge in [-0.15, -0.1) is 0 Å². The van der Waals surface area contributed by atoms with Gasteiger partial charge in [-0.25, -0.2) is 8.42 Å². The fourth-order valence-electron chi connectivity index (χ4n) is 2.50. The maximum atomic E-state index is 11.5. The molecule has 104 valence electrons. The predicted molar refractivity (Wildman–Crippen MR) is 71.1 cm³/mol. The zero-order chi connectivity index (χ0) is 13.3. The monoisotopic (exact) mass is 283 g/mol. The van der Waals surface area contributed by atoms with Crippen LogP contribution in [0.4, 0.5) is 0 Å². The first-order valence-electron chi connectivity index (χ1n) is 6.45. The fourth-order valence-corrected chi connectivity index (χ4v) is 4.17. The van der Waals surface area contributed by atoms with Crippen LogP contribution in [0, 0.1) is 0 Å². The van der Waals surface area contributed by atoms with Gasteiger partial charge in [-0.2, -0.15) is 0 Å². The van der Waals surface area contributed by atoms with E-state index in [1.54, 1.807) is 0 Å². The van der Waals surface area contributed by atoms with Gasteiger partial charge < -0.3 is 14.8 Å². The molecule has 0 aromatic heterocycles. The summed E-state index contributed by atoms with van der Waals surface area (Å²) >= 11 is 0. The van der Waals surface area contributed by atoms with Crippen LogP contribution < -0.4 is 14.8 Å². The quantitative estimate of drug-likeness (QED) is 0.899. The van der Waals surface area contributed by atoms with Crippen molar-refractivity contribution in [2.75, 3.05) is 18.3 Å². The Kier molecular flexibility index (Phi) is 3.36. The number of nitrogens with one attached hydrogen (secondary N) is 1. The molecule has 2 aliphatic heterocycles. The van der Waals surface area contributed by atoms with Gasteiger partial charge in [0.15, 0.2) is 21.3 Å². The number of rotatable bonds is 3. The summed E-state index contributed by atoms with van der Waals surface area (Å²) in [4.78, 5) is 0. The maximum Gasteiger partial charge on any atom is 0.231 e. The Morgan fingerprint density at radius 2 is 2.11 bits per heavy atom. The van der Waals surface area contributed by atoms with Gasteiger partial charge in [0.05, 0.1) is 11.5 Å². The minimum absolute atomic E-state index is 0.0594. The van der Waals surface area contributed by atoms with E-state index < -0.39 is 9.84 Å². The highest BCUT2D eigenvalue weighted by molar-refractivity contribution is 7.91. The normalized spacial score (nSPS) is 24.3. The second-order valence-corrected chi connectivity index (χ2v) is 7.25.